The van der Waals surface area contributed by atoms with E-state index in [0.29, 0.717) is 5.75 Å². The van der Waals surface area contributed by atoms with Crippen LogP contribution in [0.2, 0.25) is 0 Å². The third-order valence-corrected chi connectivity index (χ3v) is 1.68. The first-order valence-corrected chi connectivity index (χ1v) is 4.66. The number of nitrogens with zero attached hydrogens (tertiary/aromatic N) is 2. The number of hydrogen-bond acceptors (Lipinski definition) is 4. The highest BCUT2D eigenvalue weighted by molar-refractivity contribution is 5.72. The summed E-state index contributed by atoms with van der Waals surface area (Å²) < 4.78 is 6.82. The molecule has 1 heterocycles. The normalized spacial score (nSPS) is 12.8. The molecule has 0 bridgehead atoms. The van der Waals surface area contributed by atoms with Crippen molar-refractivity contribution in [1.82, 2.24) is 9.78 Å². The molecule has 0 saturated carbocycles. The molecule has 1 atom stereocenters. The van der Waals surface area contributed by atoms with E-state index in [1.165, 1.54) is 10.9 Å². The fraction of sp³-hybridized carbons (Fsp3) is 0.556. The average Bonchev–Trinajstić information content (AvgIpc) is 2.51. The van der Waals surface area contributed by atoms with Crippen LogP contribution in [0.1, 0.15) is 13.8 Å². The lowest BCUT2D eigenvalue weighted by Gasteiger charge is -2.07. The van der Waals surface area contributed by atoms with Crippen molar-refractivity contribution in [2.45, 2.75) is 32.5 Å². The molecule has 1 unspecified atom stereocenters. The first kappa shape index (κ1) is 11.5. The molecule has 1 rings (SSSR count). The maximum Gasteiger partial charge on any atom is 0.322 e. The number of aromatic nitrogens is 2. The summed E-state index contributed by atoms with van der Waals surface area (Å²) in [6.45, 7) is 3.94. The number of rotatable bonds is 5. The van der Waals surface area contributed by atoms with Crippen molar-refractivity contribution in [3.63, 3.8) is 0 Å². The third-order valence-electron chi connectivity index (χ3n) is 1.68. The standard InChI is InChI=1S/C9H15N3O3/c1-6(2)15-7-3-11-12(4-7)5-8(10)9(13)14/h3-4,6,8H,5,10H2,1-2H3,(H,13,14). The second kappa shape index (κ2) is 4.79. The predicted molar refractivity (Wildman–Crippen MR) is 53.6 cm³/mol. The van der Waals surface area contributed by atoms with Gasteiger partial charge in [0.25, 0.3) is 0 Å². The third kappa shape index (κ3) is 3.59. The van der Waals surface area contributed by atoms with Crippen molar-refractivity contribution in [3.8, 4) is 5.75 Å². The molecule has 0 saturated heterocycles. The zero-order chi connectivity index (χ0) is 11.4. The van der Waals surface area contributed by atoms with Crippen LogP contribution in [0.3, 0.4) is 0 Å². The fourth-order valence-corrected chi connectivity index (χ4v) is 1.06. The molecule has 84 valence electrons. The first-order chi connectivity index (χ1) is 6.99. The van der Waals surface area contributed by atoms with Gasteiger partial charge in [0.1, 0.15) is 6.04 Å². The summed E-state index contributed by atoms with van der Waals surface area (Å²) in [5, 5.41) is 12.5. The summed E-state index contributed by atoms with van der Waals surface area (Å²) >= 11 is 0. The lowest BCUT2D eigenvalue weighted by atomic mass is 10.3. The minimum absolute atomic E-state index is 0.0656. The van der Waals surface area contributed by atoms with Gasteiger partial charge in [-0.3, -0.25) is 9.48 Å². The van der Waals surface area contributed by atoms with E-state index in [9.17, 15) is 4.79 Å². The van der Waals surface area contributed by atoms with Crippen LogP contribution in [0.15, 0.2) is 12.4 Å². The highest BCUT2D eigenvalue weighted by Gasteiger charge is 2.12. The number of hydrogen-bond donors (Lipinski definition) is 2. The van der Waals surface area contributed by atoms with Gasteiger partial charge < -0.3 is 15.6 Å². The van der Waals surface area contributed by atoms with E-state index in [1.807, 2.05) is 13.8 Å². The largest absolute Gasteiger partial charge is 0.488 e. The molecular formula is C9H15N3O3. The maximum absolute atomic E-state index is 10.5. The Morgan fingerprint density at radius 3 is 2.93 bits per heavy atom. The van der Waals surface area contributed by atoms with Crippen LogP contribution in [0, 0.1) is 0 Å². The van der Waals surface area contributed by atoms with Gasteiger partial charge in [-0.2, -0.15) is 5.10 Å². The number of ether oxygens (including phenoxy) is 1. The van der Waals surface area contributed by atoms with Crippen LogP contribution in [0.5, 0.6) is 5.75 Å². The quantitative estimate of drug-likeness (QED) is 0.723. The van der Waals surface area contributed by atoms with Gasteiger partial charge in [-0.1, -0.05) is 0 Å². The van der Waals surface area contributed by atoms with E-state index >= 15 is 0 Å². The average molecular weight is 213 g/mol. The zero-order valence-electron chi connectivity index (χ0n) is 8.75. The Bertz CT molecular complexity index is 335. The molecule has 0 amide bonds. The Kier molecular flexibility index (Phi) is 3.68. The second-order valence-electron chi connectivity index (χ2n) is 3.51. The molecule has 1 aromatic heterocycles. The van der Waals surface area contributed by atoms with Gasteiger partial charge in [-0.25, -0.2) is 0 Å². The SMILES string of the molecule is CC(C)Oc1cnn(CC(N)C(=O)O)c1. The lowest BCUT2D eigenvalue weighted by Crippen LogP contribution is -2.34. The molecule has 15 heavy (non-hydrogen) atoms. The van der Waals surface area contributed by atoms with Crippen LogP contribution in [0.25, 0.3) is 0 Å². The number of carbonyl (C=O) groups is 1. The van der Waals surface area contributed by atoms with Gasteiger partial charge in [0.05, 0.1) is 25.0 Å². The monoisotopic (exact) mass is 213 g/mol. The smallest absolute Gasteiger partial charge is 0.322 e. The number of aliphatic carboxylic acids is 1. The van der Waals surface area contributed by atoms with Gasteiger partial charge >= 0.3 is 5.97 Å². The Morgan fingerprint density at radius 1 is 1.73 bits per heavy atom. The molecule has 1 aromatic rings. The summed E-state index contributed by atoms with van der Waals surface area (Å²) in [6, 6.07) is -0.947. The molecule has 0 aliphatic rings. The predicted octanol–water partition coefficient (Wildman–Crippen LogP) is 0.0822. The van der Waals surface area contributed by atoms with Crippen molar-refractivity contribution in [3.05, 3.63) is 12.4 Å². The topological polar surface area (TPSA) is 90.4 Å². The molecule has 0 aliphatic heterocycles. The van der Waals surface area contributed by atoms with Crippen molar-refractivity contribution < 1.29 is 14.6 Å². The van der Waals surface area contributed by atoms with Crippen LogP contribution >= 0.6 is 0 Å². The Hall–Kier alpha value is -1.56. The van der Waals surface area contributed by atoms with Gasteiger partial charge in [-0.05, 0) is 13.8 Å². The summed E-state index contributed by atoms with van der Waals surface area (Å²) in [4.78, 5) is 10.5. The molecular weight excluding hydrogens is 198 g/mol. The molecule has 0 aromatic carbocycles. The molecule has 0 fully saturated rings. The zero-order valence-corrected chi connectivity index (χ0v) is 8.75. The number of nitrogens with two attached hydrogens (primary N) is 1. The van der Waals surface area contributed by atoms with Crippen molar-refractivity contribution in [2.75, 3.05) is 0 Å². The van der Waals surface area contributed by atoms with Crippen LogP contribution < -0.4 is 10.5 Å². The van der Waals surface area contributed by atoms with E-state index in [0.717, 1.165) is 0 Å². The van der Waals surface area contributed by atoms with E-state index < -0.39 is 12.0 Å². The maximum atomic E-state index is 10.5. The summed E-state index contributed by atoms with van der Waals surface area (Å²) in [5.41, 5.74) is 5.36. The molecule has 6 nitrogen and oxygen atoms in total. The van der Waals surface area contributed by atoms with Crippen molar-refractivity contribution in [2.24, 2.45) is 5.73 Å². The van der Waals surface area contributed by atoms with Crippen molar-refractivity contribution >= 4 is 5.97 Å². The lowest BCUT2D eigenvalue weighted by molar-refractivity contribution is -0.138. The van der Waals surface area contributed by atoms with Gasteiger partial charge in [0.2, 0.25) is 0 Å². The molecule has 0 spiro atoms. The van der Waals surface area contributed by atoms with Gasteiger partial charge in [-0.15, -0.1) is 0 Å². The fourth-order valence-electron chi connectivity index (χ4n) is 1.06. The van der Waals surface area contributed by atoms with Crippen LogP contribution in [0.4, 0.5) is 0 Å². The second-order valence-corrected chi connectivity index (χ2v) is 3.51. The summed E-state index contributed by atoms with van der Waals surface area (Å²) in [5.74, 6) is -0.431. The minimum atomic E-state index is -1.04. The Balaban J connectivity index is 2.56. The van der Waals surface area contributed by atoms with E-state index in [-0.39, 0.29) is 12.6 Å². The molecule has 0 aliphatic carbocycles. The number of carboxylic acids is 1. The molecule has 3 N–H and O–H groups in total. The first-order valence-electron chi connectivity index (χ1n) is 4.66. The van der Waals surface area contributed by atoms with Crippen molar-refractivity contribution in [1.29, 1.82) is 0 Å². The van der Waals surface area contributed by atoms with Crippen LogP contribution in [-0.2, 0) is 11.3 Å². The summed E-state index contributed by atoms with van der Waals surface area (Å²) in [6.07, 6.45) is 3.23. The van der Waals surface area contributed by atoms with E-state index in [2.05, 4.69) is 5.10 Å². The Labute approximate surface area is 87.6 Å². The van der Waals surface area contributed by atoms with E-state index in [4.69, 9.17) is 15.6 Å². The summed E-state index contributed by atoms with van der Waals surface area (Å²) in [7, 11) is 0. The number of carboxylic acid groups (broad SMARTS) is 1. The Morgan fingerprint density at radius 2 is 2.40 bits per heavy atom. The minimum Gasteiger partial charge on any atom is -0.488 e. The molecule has 6 heteroatoms. The van der Waals surface area contributed by atoms with E-state index in [1.54, 1.807) is 6.20 Å². The van der Waals surface area contributed by atoms with Crippen LogP contribution in [-0.4, -0.2) is 33.0 Å². The molecule has 0 radical (unpaired) electrons. The van der Waals surface area contributed by atoms with Gasteiger partial charge in [0, 0.05) is 0 Å². The highest BCUT2D eigenvalue weighted by Crippen LogP contribution is 2.10. The highest BCUT2D eigenvalue weighted by atomic mass is 16.5. The van der Waals surface area contributed by atoms with Gasteiger partial charge in [0.15, 0.2) is 5.75 Å².